The highest BCUT2D eigenvalue weighted by Crippen LogP contribution is 2.35. The molecule has 32 heavy (non-hydrogen) atoms. The van der Waals surface area contributed by atoms with E-state index in [1.807, 2.05) is 83.4 Å². The second-order valence-electron chi connectivity index (χ2n) is 8.13. The predicted octanol–water partition coefficient (Wildman–Crippen LogP) is 5.94. The van der Waals surface area contributed by atoms with Crippen LogP contribution in [0.15, 0.2) is 83.3 Å². The summed E-state index contributed by atoms with van der Waals surface area (Å²) in [6.07, 6.45) is 1.92. The molecular weight excluding hydrogens is 466 g/mol. The van der Waals surface area contributed by atoms with Gasteiger partial charge < -0.3 is 4.74 Å². The van der Waals surface area contributed by atoms with Gasteiger partial charge in [-0.15, -0.1) is 0 Å². The molecule has 1 unspecified atom stereocenters. The zero-order valence-electron chi connectivity index (χ0n) is 17.5. The number of halogens is 1. The Labute approximate surface area is 194 Å². The van der Waals surface area contributed by atoms with Crippen LogP contribution in [-0.2, 0) is 29.0 Å². The number of benzene rings is 3. The Kier molecular flexibility index (Phi) is 5.66. The largest absolute Gasteiger partial charge is 0.461 e. The lowest BCUT2D eigenvalue weighted by atomic mass is 9.86. The molecule has 0 spiro atoms. The summed E-state index contributed by atoms with van der Waals surface area (Å²) < 4.78 is 8.32. The molecule has 0 amide bonds. The van der Waals surface area contributed by atoms with Crippen molar-refractivity contribution < 1.29 is 14.3 Å². The Bertz CT molecular complexity index is 1310. The van der Waals surface area contributed by atoms with Crippen LogP contribution in [0.3, 0.4) is 0 Å². The third kappa shape index (κ3) is 3.89. The second-order valence-corrected chi connectivity index (χ2v) is 9.04. The molecule has 5 rings (SSSR count). The summed E-state index contributed by atoms with van der Waals surface area (Å²) in [7, 11) is 0. The molecule has 1 aliphatic carbocycles. The number of carbonyl (C=O) groups excluding carboxylic acids is 2. The van der Waals surface area contributed by atoms with Gasteiger partial charge in [0.2, 0.25) is 0 Å². The fourth-order valence-corrected chi connectivity index (χ4v) is 4.94. The third-order valence-electron chi connectivity index (χ3n) is 6.10. The Morgan fingerprint density at radius 3 is 2.56 bits per heavy atom. The second kappa shape index (κ2) is 8.75. The van der Waals surface area contributed by atoms with Crippen molar-refractivity contribution in [3.05, 3.63) is 106 Å². The number of hydrogen-bond donors (Lipinski definition) is 0. The predicted molar refractivity (Wildman–Crippen MR) is 128 cm³/mol. The van der Waals surface area contributed by atoms with Gasteiger partial charge >= 0.3 is 5.97 Å². The Morgan fingerprint density at radius 1 is 0.969 bits per heavy atom. The van der Waals surface area contributed by atoms with E-state index in [-0.39, 0.29) is 24.4 Å². The van der Waals surface area contributed by atoms with Crippen molar-refractivity contribution in [1.82, 2.24) is 4.57 Å². The Balaban J connectivity index is 1.45. The summed E-state index contributed by atoms with van der Waals surface area (Å²) in [5.74, 6) is -0.421. The molecule has 1 heterocycles. The van der Waals surface area contributed by atoms with E-state index in [0.29, 0.717) is 24.8 Å². The van der Waals surface area contributed by atoms with E-state index in [0.717, 1.165) is 32.2 Å². The maximum absolute atomic E-state index is 13.5. The first-order chi connectivity index (χ1) is 15.6. The molecule has 4 nitrogen and oxygen atoms in total. The maximum Gasteiger partial charge on any atom is 0.309 e. The molecule has 0 saturated carbocycles. The van der Waals surface area contributed by atoms with Gasteiger partial charge in [-0.05, 0) is 54.7 Å². The van der Waals surface area contributed by atoms with Crippen LogP contribution in [0.5, 0.6) is 0 Å². The fourth-order valence-electron chi connectivity index (χ4n) is 4.54. The molecule has 0 N–H and O–H groups in total. The van der Waals surface area contributed by atoms with Gasteiger partial charge in [-0.25, -0.2) is 0 Å². The van der Waals surface area contributed by atoms with Crippen molar-refractivity contribution in [1.29, 1.82) is 0 Å². The van der Waals surface area contributed by atoms with Crippen molar-refractivity contribution in [2.75, 3.05) is 0 Å². The summed E-state index contributed by atoms with van der Waals surface area (Å²) in [5, 5.41) is 1.03. The number of ether oxygens (including phenoxy) is 1. The maximum atomic E-state index is 13.5. The highest BCUT2D eigenvalue weighted by molar-refractivity contribution is 9.10. The molecule has 1 atom stereocenters. The van der Waals surface area contributed by atoms with E-state index < -0.39 is 0 Å². The number of para-hydroxylation sites is 1. The summed E-state index contributed by atoms with van der Waals surface area (Å²) >= 11 is 3.46. The lowest BCUT2D eigenvalue weighted by Crippen LogP contribution is -2.26. The summed E-state index contributed by atoms with van der Waals surface area (Å²) in [4.78, 5) is 26.3. The topological polar surface area (TPSA) is 48.3 Å². The van der Waals surface area contributed by atoms with Crippen LogP contribution < -0.4 is 0 Å². The van der Waals surface area contributed by atoms with Crippen LogP contribution in [0.1, 0.15) is 33.6 Å². The van der Waals surface area contributed by atoms with Gasteiger partial charge in [0.1, 0.15) is 6.61 Å². The van der Waals surface area contributed by atoms with E-state index in [1.165, 1.54) is 0 Å². The molecule has 0 aliphatic heterocycles. The molecule has 0 bridgehead atoms. The van der Waals surface area contributed by atoms with Crippen molar-refractivity contribution >= 4 is 38.7 Å². The quantitative estimate of drug-likeness (QED) is 0.334. The monoisotopic (exact) mass is 487 g/mol. The van der Waals surface area contributed by atoms with Crippen molar-refractivity contribution in [2.45, 2.75) is 25.9 Å². The molecule has 1 aliphatic rings. The van der Waals surface area contributed by atoms with Crippen LogP contribution in [0.2, 0.25) is 0 Å². The van der Waals surface area contributed by atoms with Gasteiger partial charge in [0.15, 0.2) is 0 Å². The van der Waals surface area contributed by atoms with Gasteiger partial charge in [-0.2, -0.15) is 0 Å². The number of hydrogen-bond acceptors (Lipinski definition) is 3. The number of esters is 1. The van der Waals surface area contributed by atoms with Gasteiger partial charge in [0.05, 0.1) is 11.4 Å². The first-order valence-corrected chi connectivity index (χ1v) is 11.5. The Morgan fingerprint density at radius 2 is 1.75 bits per heavy atom. The molecule has 4 aromatic rings. The molecule has 5 heteroatoms. The molecule has 0 saturated heterocycles. The van der Waals surface area contributed by atoms with Crippen LogP contribution in [-0.4, -0.2) is 16.4 Å². The number of aromatic nitrogens is 1. The SMILES string of the molecule is O=C(OCc1ccccc1)C1CCc2c(c3ccccc3n2C(=O)c2cccc(Br)c2)C1. The Hall–Kier alpha value is -3.18. The zero-order chi connectivity index (χ0) is 22.1. The zero-order valence-corrected chi connectivity index (χ0v) is 19.0. The summed E-state index contributed by atoms with van der Waals surface area (Å²) in [5.41, 5.74) is 4.59. The van der Waals surface area contributed by atoms with E-state index in [1.54, 1.807) is 0 Å². The number of rotatable bonds is 4. The fraction of sp³-hybridized carbons (Fsp3) is 0.185. The highest BCUT2D eigenvalue weighted by atomic mass is 79.9. The standard InChI is InChI=1S/C27H22BrNO3/c28-21-10-6-9-19(15-21)26(30)29-24-12-5-4-11-22(24)23-16-20(13-14-25(23)29)27(31)32-17-18-7-2-1-3-8-18/h1-12,15,20H,13-14,16-17H2. The molecule has 0 fully saturated rings. The molecule has 3 aromatic carbocycles. The van der Waals surface area contributed by atoms with Gasteiger partial charge in [-0.3, -0.25) is 14.2 Å². The first kappa shape index (κ1) is 20.7. The minimum atomic E-state index is -0.202. The lowest BCUT2D eigenvalue weighted by molar-refractivity contribution is -0.150. The lowest BCUT2D eigenvalue weighted by Gasteiger charge is -2.22. The molecule has 160 valence electrons. The third-order valence-corrected chi connectivity index (χ3v) is 6.59. The molecular formula is C27H22BrNO3. The van der Waals surface area contributed by atoms with Gasteiger partial charge in [0.25, 0.3) is 5.91 Å². The summed E-state index contributed by atoms with van der Waals surface area (Å²) in [6, 6.07) is 25.1. The van der Waals surface area contributed by atoms with E-state index in [4.69, 9.17) is 4.74 Å². The van der Waals surface area contributed by atoms with E-state index in [2.05, 4.69) is 15.9 Å². The molecule has 1 aromatic heterocycles. The smallest absolute Gasteiger partial charge is 0.309 e. The van der Waals surface area contributed by atoms with Gasteiger partial charge in [-0.1, -0.05) is 70.5 Å². The van der Waals surface area contributed by atoms with Crippen LogP contribution in [0.4, 0.5) is 0 Å². The molecule has 0 radical (unpaired) electrons. The van der Waals surface area contributed by atoms with Crippen LogP contribution >= 0.6 is 15.9 Å². The minimum absolute atomic E-state index is 0.0474. The summed E-state index contributed by atoms with van der Waals surface area (Å²) in [6.45, 7) is 0.284. The number of fused-ring (bicyclic) bond motifs is 3. The first-order valence-electron chi connectivity index (χ1n) is 10.7. The average molecular weight is 488 g/mol. The van der Waals surface area contributed by atoms with Gasteiger partial charge in [0, 0.05) is 21.1 Å². The number of nitrogens with zero attached hydrogens (tertiary/aromatic N) is 1. The van der Waals surface area contributed by atoms with Crippen LogP contribution in [0, 0.1) is 5.92 Å². The normalized spacial score (nSPS) is 15.3. The van der Waals surface area contributed by atoms with E-state index >= 15 is 0 Å². The average Bonchev–Trinajstić information content (AvgIpc) is 3.16. The van der Waals surface area contributed by atoms with Crippen molar-refractivity contribution in [3.63, 3.8) is 0 Å². The number of carbonyl (C=O) groups is 2. The van der Waals surface area contributed by atoms with Crippen molar-refractivity contribution in [2.24, 2.45) is 5.92 Å². The minimum Gasteiger partial charge on any atom is -0.461 e. The van der Waals surface area contributed by atoms with Crippen LogP contribution in [0.25, 0.3) is 10.9 Å². The van der Waals surface area contributed by atoms with Crippen molar-refractivity contribution in [3.8, 4) is 0 Å². The highest BCUT2D eigenvalue weighted by Gasteiger charge is 2.32. The van der Waals surface area contributed by atoms with E-state index in [9.17, 15) is 9.59 Å².